The van der Waals surface area contributed by atoms with E-state index in [1.165, 1.54) is 0 Å². The van der Waals surface area contributed by atoms with E-state index in [0.29, 0.717) is 32.9 Å². The van der Waals surface area contributed by atoms with Crippen molar-refractivity contribution in [1.82, 2.24) is 20.4 Å². The number of furan rings is 1. The molecule has 1 unspecified atom stereocenters. The standard InChI is InChI=1S/C24H18Cl2N4O3/c1-14-20(23-28-22(29-33-23)16-6-3-8-18(26)12-16)21(15-5-2-7-17(25)11-15)27-24(31)30(14)13-19-9-4-10-32-19/h2-12,21H,13H2,1H3,(H,27,31). The fraction of sp³-hybridized carbons (Fsp3) is 0.125. The predicted octanol–water partition coefficient (Wildman–Crippen LogP) is 6.33. The second kappa shape index (κ2) is 8.77. The molecule has 0 radical (unpaired) electrons. The van der Waals surface area contributed by atoms with E-state index in [9.17, 15) is 4.79 Å². The number of nitrogens with one attached hydrogen (secondary N) is 1. The van der Waals surface area contributed by atoms with Gasteiger partial charge in [0.05, 0.1) is 24.4 Å². The number of carbonyl (C=O) groups excluding carboxylic acids is 1. The van der Waals surface area contributed by atoms with E-state index in [2.05, 4.69) is 15.5 Å². The number of rotatable bonds is 5. The molecule has 9 heteroatoms. The molecule has 1 N–H and O–H groups in total. The van der Waals surface area contributed by atoms with Crippen LogP contribution in [0, 0.1) is 0 Å². The number of urea groups is 1. The lowest BCUT2D eigenvalue weighted by molar-refractivity contribution is 0.199. The molecular weight excluding hydrogens is 463 g/mol. The van der Waals surface area contributed by atoms with E-state index in [0.717, 1.165) is 11.1 Å². The number of halogens is 2. The maximum absolute atomic E-state index is 13.1. The highest BCUT2D eigenvalue weighted by atomic mass is 35.5. The maximum atomic E-state index is 13.1. The van der Waals surface area contributed by atoms with Gasteiger partial charge in [0, 0.05) is 21.3 Å². The molecule has 2 aromatic carbocycles. The van der Waals surface area contributed by atoms with Gasteiger partial charge < -0.3 is 14.3 Å². The molecule has 166 valence electrons. The van der Waals surface area contributed by atoms with Crippen LogP contribution in [-0.2, 0) is 6.54 Å². The lowest BCUT2D eigenvalue weighted by Gasteiger charge is -2.34. The van der Waals surface area contributed by atoms with Crippen molar-refractivity contribution in [1.29, 1.82) is 0 Å². The van der Waals surface area contributed by atoms with Crippen LogP contribution in [0.2, 0.25) is 10.0 Å². The van der Waals surface area contributed by atoms with Crippen molar-refractivity contribution >= 4 is 34.8 Å². The van der Waals surface area contributed by atoms with Crippen molar-refractivity contribution in [2.75, 3.05) is 0 Å². The third kappa shape index (κ3) is 4.25. The monoisotopic (exact) mass is 480 g/mol. The first-order chi connectivity index (χ1) is 16.0. The zero-order valence-corrected chi connectivity index (χ0v) is 19.0. The van der Waals surface area contributed by atoms with Crippen molar-refractivity contribution in [2.45, 2.75) is 19.5 Å². The maximum Gasteiger partial charge on any atom is 0.322 e. The Kier molecular flexibility index (Phi) is 5.66. The van der Waals surface area contributed by atoms with Gasteiger partial charge in [-0.2, -0.15) is 4.98 Å². The van der Waals surface area contributed by atoms with Crippen molar-refractivity contribution in [2.24, 2.45) is 0 Å². The van der Waals surface area contributed by atoms with E-state index in [4.69, 9.17) is 32.1 Å². The highest BCUT2D eigenvalue weighted by molar-refractivity contribution is 6.31. The summed E-state index contributed by atoms with van der Waals surface area (Å²) in [5.74, 6) is 1.33. The third-order valence-electron chi connectivity index (χ3n) is 5.41. The van der Waals surface area contributed by atoms with Crippen LogP contribution >= 0.6 is 23.2 Å². The summed E-state index contributed by atoms with van der Waals surface area (Å²) < 4.78 is 11.1. The topological polar surface area (TPSA) is 84.4 Å². The van der Waals surface area contributed by atoms with E-state index >= 15 is 0 Å². The number of hydrogen-bond acceptors (Lipinski definition) is 5. The lowest BCUT2D eigenvalue weighted by Crippen LogP contribution is -2.45. The Morgan fingerprint density at radius 3 is 2.58 bits per heavy atom. The molecule has 1 aliphatic heterocycles. The zero-order chi connectivity index (χ0) is 22.9. The zero-order valence-electron chi connectivity index (χ0n) is 17.5. The molecule has 7 nitrogen and oxygen atoms in total. The van der Waals surface area contributed by atoms with E-state index in [1.54, 1.807) is 41.5 Å². The van der Waals surface area contributed by atoms with Crippen LogP contribution in [0.5, 0.6) is 0 Å². The number of carbonyl (C=O) groups is 1. The molecule has 33 heavy (non-hydrogen) atoms. The normalized spacial score (nSPS) is 16.3. The molecule has 0 spiro atoms. The first-order valence-electron chi connectivity index (χ1n) is 10.2. The second-order valence-electron chi connectivity index (χ2n) is 7.54. The molecular formula is C24H18Cl2N4O3. The summed E-state index contributed by atoms with van der Waals surface area (Å²) in [7, 11) is 0. The van der Waals surface area contributed by atoms with Crippen LogP contribution in [-0.4, -0.2) is 21.1 Å². The van der Waals surface area contributed by atoms with Gasteiger partial charge >= 0.3 is 6.03 Å². The van der Waals surface area contributed by atoms with Crippen LogP contribution in [0.25, 0.3) is 17.0 Å². The quantitative estimate of drug-likeness (QED) is 0.360. The number of amides is 2. The highest BCUT2D eigenvalue weighted by Crippen LogP contribution is 2.38. The average Bonchev–Trinajstić information content (AvgIpc) is 3.49. The van der Waals surface area contributed by atoms with Gasteiger partial charge in [-0.05, 0) is 48.9 Å². The minimum Gasteiger partial charge on any atom is -0.467 e. The second-order valence-corrected chi connectivity index (χ2v) is 8.41. The molecule has 4 aromatic rings. The summed E-state index contributed by atoms with van der Waals surface area (Å²) in [6.45, 7) is 2.10. The Bertz CT molecular complexity index is 1350. The Labute approximate surface area is 199 Å². The molecule has 1 aliphatic rings. The Morgan fingerprint density at radius 1 is 1.06 bits per heavy atom. The highest BCUT2D eigenvalue weighted by Gasteiger charge is 2.36. The van der Waals surface area contributed by atoms with Crippen LogP contribution in [0.3, 0.4) is 0 Å². The van der Waals surface area contributed by atoms with Gasteiger partial charge in [0.15, 0.2) is 0 Å². The first-order valence-corrected chi connectivity index (χ1v) is 10.9. The van der Waals surface area contributed by atoms with E-state index in [1.807, 2.05) is 37.3 Å². The fourth-order valence-corrected chi connectivity index (χ4v) is 4.21. The number of aromatic nitrogens is 2. The third-order valence-corrected chi connectivity index (χ3v) is 5.88. The average molecular weight is 481 g/mol. The molecule has 0 bridgehead atoms. The van der Waals surface area contributed by atoms with Gasteiger partial charge in [-0.1, -0.05) is 52.6 Å². The summed E-state index contributed by atoms with van der Waals surface area (Å²) in [5, 5.41) is 8.31. The lowest BCUT2D eigenvalue weighted by atomic mass is 9.94. The van der Waals surface area contributed by atoms with Gasteiger partial charge in [0.25, 0.3) is 5.89 Å². The van der Waals surface area contributed by atoms with E-state index < -0.39 is 6.04 Å². The number of benzene rings is 2. The van der Waals surface area contributed by atoms with E-state index in [-0.39, 0.29) is 18.5 Å². The van der Waals surface area contributed by atoms with Gasteiger partial charge in [-0.3, -0.25) is 4.90 Å². The molecule has 0 saturated carbocycles. The molecule has 2 aromatic heterocycles. The van der Waals surface area contributed by atoms with Crippen molar-refractivity contribution in [3.63, 3.8) is 0 Å². The summed E-state index contributed by atoms with van der Waals surface area (Å²) in [5.41, 5.74) is 2.86. The molecule has 0 fully saturated rings. The first kappa shape index (κ1) is 21.3. The van der Waals surface area contributed by atoms with Crippen LogP contribution < -0.4 is 5.32 Å². The molecule has 0 saturated heterocycles. The molecule has 5 rings (SSSR count). The van der Waals surface area contributed by atoms with Crippen molar-refractivity contribution in [3.8, 4) is 11.4 Å². The summed E-state index contributed by atoms with van der Waals surface area (Å²) in [6, 6.07) is 17.3. The Balaban J connectivity index is 1.61. The van der Waals surface area contributed by atoms with Gasteiger partial charge in [0.2, 0.25) is 5.82 Å². The smallest absolute Gasteiger partial charge is 0.322 e. The number of hydrogen-bond donors (Lipinski definition) is 1. The van der Waals surface area contributed by atoms with Crippen LogP contribution in [0.15, 0.2) is 81.6 Å². The predicted molar refractivity (Wildman–Crippen MR) is 124 cm³/mol. The molecule has 1 atom stereocenters. The Hall–Kier alpha value is -3.55. The van der Waals surface area contributed by atoms with Gasteiger partial charge in [-0.25, -0.2) is 4.79 Å². The SMILES string of the molecule is CC1=C(c2nc(-c3cccc(Cl)c3)no2)C(c2cccc(Cl)c2)NC(=O)N1Cc1ccco1. The van der Waals surface area contributed by atoms with Crippen molar-refractivity contribution in [3.05, 3.63) is 99.9 Å². The number of nitrogens with zero attached hydrogens (tertiary/aromatic N) is 3. The van der Waals surface area contributed by atoms with Crippen LogP contribution in [0.4, 0.5) is 4.79 Å². The summed E-state index contributed by atoms with van der Waals surface area (Å²) in [4.78, 5) is 19.3. The van der Waals surface area contributed by atoms with Crippen molar-refractivity contribution < 1.29 is 13.7 Å². The molecule has 2 amide bonds. The fourth-order valence-electron chi connectivity index (χ4n) is 3.82. The summed E-state index contributed by atoms with van der Waals surface area (Å²) >= 11 is 12.4. The largest absolute Gasteiger partial charge is 0.467 e. The molecule has 0 aliphatic carbocycles. The number of allylic oxidation sites excluding steroid dienone is 1. The van der Waals surface area contributed by atoms with Gasteiger partial charge in [-0.15, -0.1) is 0 Å². The Morgan fingerprint density at radius 2 is 1.85 bits per heavy atom. The van der Waals surface area contributed by atoms with Crippen LogP contribution in [0.1, 0.15) is 30.2 Å². The summed E-state index contributed by atoms with van der Waals surface area (Å²) in [6.07, 6.45) is 1.57. The molecule has 3 heterocycles. The van der Waals surface area contributed by atoms with Gasteiger partial charge in [0.1, 0.15) is 5.76 Å². The minimum atomic E-state index is -0.531. The minimum absolute atomic E-state index is 0.256.